The summed E-state index contributed by atoms with van der Waals surface area (Å²) in [5, 5.41) is 8.56. The van der Waals surface area contributed by atoms with Gasteiger partial charge in [-0.25, -0.2) is 18.7 Å². The van der Waals surface area contributed by atoms with Crippen molar-refractivity contribution in [1.82, 2.24) is 25.1 Å². The number of rotatable bonds is 6. The van der Waals surface area contributed by atoms with Gasteiger partial charge in [0.2, 0.25) is 0 Å². The Morgan fingerprint density at radius 2 is 1.91 bits per heavy atom. The van der Waals surface area contributed by atoms with Gasteiger partial charge in [-0.05, 0) is 57.7 Å². The van der Waals surface area contributed by atoms with Gasteiger partial charge in [-0.3, -0.25) is 10.00 Å². The molecule has 0 amide bonds. The second kappa shape index (κ2) is 7.35. The molecule has 0 bridgehead atoms. The first-order valence-electron chi connectivity index (χ1n) is 11.7. The Hall–Kier alpha value is -2.81. The molecule has 7 nitrogen and oxygen atoms in total. The fourth-order valence-corrected chi connectivity index (χ4v) is 5.01. The standard InChI is InChI=1S/C24H28F2N6O/c1-15(22(25)26)32-10-9-31(13-24(32)7-8-24)20-12-19(27-14-28-20)21-17-11-16(33-23(2)5-6-23)3-4-18(17)29-30-21/h3-4,11-12,14-15,22H,5-10,13H2,1-2H3,(H,29,30). The number of aromatic amines is 1. The first-order chi connectivity index (χ1) is 15.9. The lowest BCUT2D eigenvalue weighted by molar-refractivity contribution is -0.00101. The minimum atomic E-state index is -2.33. The van der Waals surface area contributed by atoms with E-state index in [1.54, 1.807) is 13.3 Å². The number of alkyl halides is 2. The molecule has 174 valence electrons. The topological polar surface area (TPSA) is 70.2 Å². The molecule has 3 heterocycles. The maximum Gasteiger partial charge on any atom is 0.253 e. The summed E-state index contributed by atoms with van der Waals surface area (Å²) < 4.78 is 32.9. The van der Waals surface area contributed by atoms with Crippen LogP contribution in [0.25, 0.3) is 22.3 Å². The van der Waals surface area contributed by atoms with Crippen molar-refractivity contribution in [2.45, 2.75) is 63.1 Å². The number of hydrogen-bond acceptors (Lipinski definition) is 6. The van der Waals surface area contributed by atoms with Gasteiger partial charge in [-0.15, -0.1) is 0 Å². The van der Waals surface area contributed by atoms with Crippen LogP contribution in [0.15, 0.2) is 30.6 Å². The van der Waals surface area contributed by atoms with E-state index in [-0.39, 0.29) is 11.1 Å². The molecule has 2 aliphatic carbocycles. The highest BCUT2D eigenvalue weighted by atomic mass is 19.3. The molecule has 1 N–H and O–H groups in total. The molecule has 3 aliphatic rings. The molecule has 1 spiro atoms. The molecule has 1 saturated heterocycles. The number of halogens is 2. The van der Waals surface area contributed by atoms with E-state index < -0.39 is 12.5 Å². The summed E-state index contributed by atoms with van der Waals surface area (Å²) >= 11 is 0. The third kappa shape index (κ3) is 3.72. The minimum absolute atomic E-state index is 0.0532. The van der Waals surface area contributed by atoms with Crippen molar-refractivity contribution in [2.24, 2.45) is 0 Å². The zero-order valence-electron chi connectivity index (χ0n) is 18.9. The monoisotopic (exact) mass is 454 g/mol. The van der Waals surface area contributed by atoms with Gasteiger partial charge in [0.05, 0.1) is 17.3 Å². The first-order valence-corrected chi connectivity index (χ1v) is 11.7. The number of aromatic nitrogens is 4. The first kappa shape index (κ1) is 20.8. The summed E-state index contributed by atoms with van der Waals surface area (Å²) in [4.78, 5) is 13.2. The summed E-state index contributed by atoms with van der Waals surface area (Å²) in [7, 11) is 0. The smallest absolute Gasteiger partial charge is 0.253 e. The third-order valence-electron chi connectivity index (χ3n) is 7.46. The van der Waals surface area contributed by atoms with Crippen molar-refractivity contribution in [3.63, 3.8) is 0 Å². The number of nitrogens with one attached hydrogen (secondary N) is 1. The summed E-state index contributed by atoms with van der Waals surface area (Å²) in [5.41, 5.74) is 2.19. The number of nitrogens with zero attached hydrogens (tertiary/aromatic N) is 5. The molecule has 9 heteroatoms. The Kier molecular flexibility index (Phi) is 4.62. The minimum Gasteiger partial charge on any atom is -0.488 e. The highest BCUT2D eigenvalue weighted by Crippen LogP contribution is 2.46. The van der Waals surface area contributed by atoms with Crippen molar-refractivity contribution >= 4 is 16.7 Å². The average Bonchev–Trinajstić information content (AvgIpc) is 3.70. The van der Waals surface area contributed by atoms with E-state index in [0.29, 0.717) is 19.6 Å². The Labute approximate surface area is 191 Å². The molecular weight excluding hydrogens is 426 g/mol. The molecule has 6 rings (SSSR count). The second-order valence-corrected chi connectivity index (χ2v) is 10.0. The number of piperazine rings is 1. The van der Waals surface area contributed by atoms with E-state index in [2.05, 4.69) is 32.0 Å². The number of ether oxygens (including phenoxy) is 1. The van der Waals surface area contributed by atoms with Crippen LogP contribution in [-0.4, -0.2) is 68.3 Å². The maximum atomic E-state index is 13.4. The zero-order valence-corrected chi connectivity index (χ0v) is 18.9. The van der Waals surface area contributed by atoms with Gasteiger partial charge in [0.25, 0.3) is 6.43 Å². The summed E-state index contributed by atoms with van der Waals surface area (Å²) in [6.07, 6.45) is 3.27. The van der Waals surface area contributed by atoms with Crippen molar-refractivity contribution in [3.05, 3.63) is 30.6 Å². The molecule has 1 aromatic carbocycles. The van der Waals surface area contributed by atoms with E-state index in [4.69, 9.17) is 4.74 Å². The highest BCUT2D eigenvalue weighted by molar-refractivity contribution is 5.93. The van der Waals surface area contributed by atoms with Gasteiger partial charge >= 0.3 is 0 Å². The number of benzene rings is 1. The number of H-pyrrole nitrogens is 1. The number of anilines is 1. The molecule has 1 aliphatic heterocycles. The lowest BCUT2D eigenvalue weighted by Gasteiger charge is -2.45. The van der Waals surface area contributed by atoms with Crippen LogP contribution < -0.4 is 9.64 Å². The van der Waals surface area contributed by atoms with Crippen LogP contribution in [0.3, 0.4) is 0 Å². The normalized spacial score (nSPS) is 22.2. The SMILES string of the molecule is CC(C(F)F)N1CCN(c2cc(-c3n[nH]c4ccc(OC5(C)CC5)cc34)ncn2)CC12CC2. The molecule has 1 atom stereocenters. The van der Waals surface area contributed by atoms with Crippen LogP contribution in [-0.2, 0) is 0 Å². The van der Waals surface area contributed by atoms with Crippen molar-refractivity contribution in [3.8, 4) is 17.1 Å². The van der Waals surface area contributed by atoms with Gasteiger partial charge in [0.1, 0.15) is 29.2 Å². The Bertz CT molecular complexity index is 1190. The van der Waals surface area contributed by atoms with Crippen LogP contribution in [0.2, 0.25) is 0 Å². The number of fused-ring (bicyclic) bond motifs is 1. The van der Waals surface area contributed by atoms with E-state index >= 15 is 0 Å². The van der Waals surface area contributed by atoms with Gasteiger partial charge in [-0.2, -0.15) is 5.10 Å². The molecule has 3 aromatic rings. The van der Waals surface area contributed by atoms with Crippen LogP contribution in [0.1, 0.15) is 39.5 Å². The number of hydrogen-bond donors (Lipinski definition) is 1. The zero-order chi connectivity index (χ0) is 22.8. The second-order valence-electron chi connectivity index (χ2n) is 10.0. The van der Waals surface area contributed by atoms with E-state index in [9.17, 15) is 8.78 Å². The van der Waals surface area contributed by atoms with Gasteiger partial charge in [0, 0.05) is 36.6 Å². The third-order valence-corrected chi connectivity index (χ3v) is 7.46. The summed E-state index contributed by atoms with van der Waals surface area (Å²) in [6, 6.07) is 7.20. The van der Waals surface area contributed by atoms with Gasteiger partial charge in [0.15, 0.2) is 0 Å². The average molecular weight is 455 g/mol. The van der Waals surface area contributed by atoms with Crippen molar-refractivity contribution in [1.29, 1.82) is 0 Å². The molecule has 1 unspecified atom stereocenters. The van der Waals surface area contributed by atoms with Crippen LogP contribution >= 0.6 is 0 Å². The van der Waals surface area contributed by atoms with Crippen molar-refractivity contribution in [2.75, 3.05) is 24.5 Å². The fraction of sp³-hybridized carbons (Fsp3) is 0.542. The van der Waals surface area contributed by atoms with E-state index in [0.717, 1.165) is 59.5 Å². The van der Waals surface area contributed by atoms with Crippen LogP contribution in [0.4, 0.5) is 14.6 Å². The predicted octanol–water partition coefficient (Wildman–Crippen LogP) is 4.26. The van der Waals surface area contributed by atoms with E-state index in [1.807, 2.05) is 29.2 Å². The molecule has 3 fully saturated rings. The highest BCUT2D eigenvalue weighted by Gasteiger charge is 2.54. The van der Waals surface area contributed by atoms with Gasteiger partial charge in [-0.1, -0.05) is 0 Å². The van der Waals surface area contributed by atoms with Crippen LogP contribution in [0, 0.1) is 0 Å². The van der Waals surface area contributed by atoms with Crippen molar-refractivity contribution < 1.29 is 13.5 Å². The van der Waals surface area contributed by atoms with Gasteiger partial charge < -0.3 is 9.64 Å². The lowest BCUT2D eigenvalue weighted by Crippen LogP contribution is -2.59. The predicted molar refractivity (Wildman–Crippen MR) is 122 cm³/mol. The largest absolute Gasteiger partial charge is 0.488 e. The molecule has 33 heavy (non-hydrogen) atoms. The Morgan fingerprint density at radius 3 is 2.64 bits per heavy atom. The maximum absolute atomic E-state index is 13.4. The van der Waals surface area contributed by atoms with E-state index in [1.165, 1.54) is 0 Å². The Balaban J connectivity index is 1.27. The quantitative estimate of drug-likeness (QED) is 0.600. The van der Waals surface area contributed by atoms with Crippen LogP contribution in [0.5, 0.6) is 5.75 Å². The summed E-state index contributed by atoms with van der Waals surface area (Å²) in [5.74, 6) is 1.64. The molecule has 2 aromatic heterocycles. The lowest BCUT2D eigenvalue weighted by atomic mass is 10.1. The molecule has 0 radical (unpaired) electrons. The Morgan fingerprint density at radius 1 is 1.09 bits per heavy atom. The summed E-state index contributed by atoms with van der Waals surface area (Å²) in [6.45, 7) is 5.73. The fourth-order valence-electron chi connectivity index (χ4n) is 5.01. The molecule has 2 saturated carbocycles. The molecular formula is C24H28F2N6O.